The summed E-state index contributed by atoms with van der Waals surface area (Å²) in [7, 11) is 0. The zero-order valence-electron chi connectivity index (χ0n) is 16.8. The lowest BCUT2D eigenvalue weighted by Crippen LogP contribution is -2.30. The third-order valence-electron chi connectivity index (χ3n) is 3.99. The van der Waals surface area contributed by atoms with Gasteiger partial charge in [-0.25, -0.2) is 0 Å². The largest absolute Gasteiger partial charge is 0.490 e. The van der Waals surface area contributed by atoms with Crippen molar-refractivity contribution in [1.29, 1.82) is 0 Å². The average molecular weight is 419 g/mol. The number of carbonyl (C=O) groups is 2. The Morgan fingerprint density at radius 1 is 1.03 bits per heavy atom. The van der Waals surface area contributed by atoms with Crippen LogP contribution in [0, 0.1) is 0 Å². The smallest absolute Gasteiger partial charge is 0.251 e. The molecule has 0 aliphatic heterocycles. The van der Waals surface area contributed by atoms with Gasteiger partial charge in [0.05, 0.1) is 18.2 Å². The minimum Gasteiger partial charge on any atom is -0.490 e. The molecule has 0 bridgehead atoms. The van der Waals surface area contributed by atoms with Crippen molar-refractivity contribution in [3.8, 4) is 11.5 Å². The van der Waals surface area contributed by atoms with E-state index in [0.717, 1.165) is 12.0 Å². The van der Waals surface area contributed by atoms with E-state index in [1.165, 1.54) is 0 Å². The molecule has 156 valence electrons. The van der Waals surface area contributed by atoms with E-state index < -0.39 is 0 Å². The van der Waals surface area contributed by atoms with Gasteiger partial charge in [-0.05, 0) is 31.0 Å². The first kappa shape index (κ1) is 22.6. The maximum Gasteiger partial charge on any atom is 0.251 e. The van der Waals surface area contributed by atoms with Crippen molar-refractivity contribution in [2.45, 2.75) is 33.2 Å². The fourth-order valence-electron chi connectivity index (χ4n) is 2.58. The summed E-state index contributed by atoms with van der Waals surface area (Å²) in [5.74, 6) is 0.405. The van der Waals surface area contributed by atoms with E-state index in [2.05, 4.69) is 10.6 Å². The van der Waals surface area contributed by atoms with Gasteiger partial charge < -0.3 is 20.1 Å². The number of hydrogen-bond acceptors (Lipinski definition) is 4. The molecule has 0 radical (unpaired) electrons. The van der Waals surface area contributed by atoms with E-state index in [1.807, 2.05) is 44.2 Å². The summed E-state index contributed by atoms with van der Waals surface area (Å²) in [6, 6.07) is 12.8. The predicted octanol–water partition coefficient (Wildman–Crippen LogP) is 3.96. The van der Waals surface area contributed by atoms with Crippen molar-refractivity contribution in [2.75, 3.05) is 19.8 Å². The fourth-order valence-corrected chi connectivity index (χ4v) is 2.85. The molecule has 0 saturated carbocycles. The predicted molar refractivity (Wildman–Crippen MR) is 114 cm³/mol. The van der Waals surface area contributed by atoms with Crippen LogP contribution in [0.3, 0.4) is 0 Å². The van der Waals surface area contributed by atoms with Crippen molar-refractivity contribution >= 4 is 23.4 Å². The second-order valence-corrected chi connectivity index (χ2v) is 6.74. The Kier molecular flexibility index (Phi) is 9.31. The van der Waals surface area contributed by atoms with Gasteiger partial charge in [0.1, 0.15) is 0 Å². The SMILES string of the molecule is CCCOc1c(Cl)cc(C(=O)NCCC(=O)NCc2ccccc2)cc1OCC. The molecule has 0 saturated heterocycles. The highest BCUT2D eigenvalue weighted by molar-refractivity contribution is 6.32. The molecule has 0 aliphatic rings. The summed E-state index contributed by atoms with van der Waals surface area (Å²) < 4.78 is 11.2. The zero-order valence-corrected chi connectivity index (χ0v) is 17.6. The molecule has 0 heterocycles. The third-order valence-corrected chi connectivity index (χ3v) is 4.27. The first-order valence-corrected chi connectivity index (χ1v) is 10.1. The lowest BCUT2D eigenvalue weighted by Gasteiger charge is -2.15. The maximum absolute atomic E-state index is 12.4. The third kappa shape index (κ3) is 7.31. The Balaban J connectivity index is 1.88. The van der Waals surface area contributed by atoms with Gasteiger partial charge in [0, 0.05) is 25.1 Å². The number of amides is 2. The van der Waals surface area contributed by atoms with Gasteiger partial charge in [0.2, 0.25) is 5.91 Å². The van der Waals surface area contributed by atoms with Crippen molar-refractivity contribution in [2.24, 2.45) is 0 Å². The topological polar surface area (TPSA) is 76.7 Å². The number of nitrogens with one attached hydrogen (secondary N) is 2. The van der Waals surface area contributed by atoms with Gasteiger partial charge in [-0.1, -0.05) is 48.9 Å². The first-order valence-electron chi connectivity index (χ1n) is 9.73. The van der Waals surface area contributed by atoms with Crippen LogP contribution < -0.4 is 20.1 Å². The fraction of sp³-hybridized carbons (Fsp3) is 0.364. The van der Waals surface area contributed by atoms with Crippen LogP contribution in [0.1, 0.15) is 42.6 Å². The molecule has 29 heavy (non-hydrogen) atoms. The maximum atomic E-state index is 12.4. The number of rotatable bonds is 11. The van der Waals surface area contributed by atoms with Gasteiger partial charge in [-0.2, -0.15) is 0 Å². The number of carbonyl (C=O) groups excluding carboxylic acids is 2. The van der Waals surface area contributed by atoms with Crippen molar-refractivity contribution < 1.29 is 19.1 Å². The summed E-state index contributed by atoms with van der Waals surface area (Å²) in [5, 5.41) is 5.87. The molecule has 6 nitrogen and oxygen atoms in total. The molecule has 7 heteroatoms. The van der Waals surface area contributed by atoms with Crippen molar-refractivity contribution in [3.63, 3.8) is 0 Å². The average Bonchev–Trinajstić information content (AvgIpc) is 2.72. The Bertz CT molecular complexity index is 812. The van der Waals surface area contributed by atoms with Gasteiger partial charge >= 0.3 is 0 Å². The molecule has 0 unspecified atom stereocenters. The van der Waals surface area contributed by atoms with E-state index in [9.17, 15) is 9.59 Å². The van der Waals surface area contributed by atoms with Crippen LogP contribution >= 0.6 is 11.6 Å². The molecule has 0 fully saturated rings. The molecule has 2 rings (SSSR count). The monoisotopic (exact) mass is 418 g/mol. The molecule has 0 aliphatic carbocycles. The first-order chi connectivity index (χ1) is 14.0. The highest BCUT2D eigenvalue weighted by atomic mass is 35.5. The Morgan fingerprint density at radius 3 is 2.48 bits per heavy atom. The molecule has 2 amide bonds. The zero-order chi connectivity index (χ0) is 21.1. The van der Waals surface area contributed by atoms with Crippen LogP contribution in [-0.2, 0) is 11.3 Å². The van der Waals surface area contributed by atoms with E-state index in [0.29, 0.717) is 41.8 Å². The van der Waals surface area contributed by atoms with Crippen LogP contribution in [0.25, 0.3) is 0 Å². The van der Waals surface area contributed by atoms with Crippen LogP contribution in [0.15, 0.2) is 42.5 Å². The van der Waals surface area contributed by atoms with E-state index >= 15 is 0 Å². The minimum absolute atomic E-state index is 0.134. The van der Waals surface area contributed by atoms with Crippen LogP contribution in [0.4, 0.5) is 0 Å². The Labute approximate surface area is 176 Å². The second-order valence-electron chi connectivity index (χ2n) is 6.34. The van der Waals surface area contributed by atoms with Crippen molar-refractivity contribution in [1.82, 2.24) is 10.6 Å². The second kappa shape index (κ2) is 12.0. The molecule has 2 N–H and O–H groups in total. The summed E-state index contributed by atoms with van der Waals surface area (Å²) in [6.07, 6.45) is 1.01. The quantitative estimate of drug-likeness (QED) is 0.579. The minimum atomic E-state index is -0.328. The molecule has 0 aromatic heterocycles. The molecule has 2 aromatic rings. The van der Waals surface area contributed by atoms with Gasteiger partial charge in [-0.3, -0.25) is 9.59 Å². The summed E-state index contributed by atoms with van der Waals surface area (Å²) in [5.41, 5.74) is 1.38. The van der Waals surface area contributed by atoms with Crippen LogP contribution in [0.5, 0.6) is 11.5 Å². The number of halogens is 1. The van der Waals surface area contributed by atoms with Gasteiger partial charge in [-0.15, -0.1) is 0 Å². The molecular weight excluding hydrogens is 392 g/mol. The molecular formula is C22H27ClN2O4. The molecule has 2 aromatic carbocycles. The number of benzene rings is 2. The normalized spacial score (nSPS) is 10.3. The van der Waals surface area contributed by atoms with Crippen molar-refractivity contribution in [3.05, 3.63) is 58.6 Å². The highest BCUT2D eigenvalue weighted by Crippen LogP contribution is 2.36. The van der Waals surface area contributed by atoms with Gasteiger partial charge in [0.15, 0.2) is 11.5 Å². The highest BCUT2D eigenvalue weighted by Gasteiger charge is 2.16. The Hall–Kier alpha value is -2.73. The van der Waals surface area contributed by atoms with Crippen LogP contribution in [-0.4, -0.2) is 31.6 Å². The van der Waals surface area contributed by atoms with Gasteiger partial charge in [0.25, 0.3) is 5.91 Å². The van der Waals surface area contributed by atoms with E-state index in [4.69, 9.17) is 21.1 Å². The lowest BCUT2D eigenvalue weighted by molar-refractivity contribution is -0.121. The summed E-state index contributed by atoms with van der Waals surface area (Å²) in [4.78, 5) is 24.4. The molecule has 0 spiro atoms. The Morgan fingerprint density at radius 2 is 1.79 bits per heavy atom. The molecule has 0 atom stereocenters. The van der Waals surface area contributed by atoms with Crippen LogP contribution in [0.2, 0.25) is 5.02 Å². The van der Waals surface area contributed by atoms with E-state index in [-0.39, 0.29) is 24.8 Å². The lowest BCUT2D eigenvalue weighted by atomic mass is 10.2. The number of ether oxygens (including phenoxy) is 2. The standard InChI is InChI=1S/C22H27ClN2O4/c1-3-12-29-21-18(23)13-17(14-19(21)28-4-2)22(27)24-11-10-20(26)25-15-16-8-6-5-7-9-16/h5-9,13-14H,3-4,10-12,15H2,1-2H3,(H,24,27)(H,25,26). The number of hydrogen-bond donors (Lipinski definition) is 2. The summed E-state index contributed by atoms with van der Waals surface area (Å²) >= 11 is 6.28. The summed E-state index contributed by atoms with van der Waals surface area (Å²) in [6.45, 7) is 5.44. The van der Waals surface area contributed by atoms with E-state index in [1.54, 1.807) is 12.1 Å².